The van der Waals surface area contributed by atoms with E-state index < -0.39 is 0 Å². The van der Waals surface area contributed by atoms with E-state index >= 15 is 0 Å². The van der Waals surface area contributed by atoms with Crippen LogP contribution in [0.3, 0.4) is 0 Å². The summed E-state index contributed by atoms with van der Waals surface area (Å²) in [5, 5.41) is 10.2. The van der Waals surface area contributed by atoms with Gasteiger partial charge in [0.05, 0.1) is 7.11 Å². The smallest absolute Gasteiger partial charge is 0.119 e. The first-order valence-electron chi connectivity index (χ1n) is 9.69. The van der Waals surface area contributed by atoms with Gasteiger partial charge in [-0.05, 0) is 97.1 Å². The molecule has 0 aliphatic rings. The van der Waals surface area contributed by atoms with Crippen LogP contribution < -0.4 is 26.4 Å². The van der Waals surface area contributed by atoms with E-state index in [4.69, 9.17) is 10.5 Å². The van der Waals surface area contributed by atoms with Gasteiger partial charge in [-0.25, -0.2) is 0 Å². The molecule has 0 aliphatic heterocycles. The molecule has 0 aromatic heterocycles. The Hall–Kier alpha value is -4.12. The van der Waals surface area contributed by atoms with Crippen LogP contribution >= 0.6 is 0 Å². The monoisotopic (exact) mass is 396 g/mol. The van der Waals surface area contributed by atoms with Crippen LogP contribution in [0.25, 0.3) is 0 Å². The van der Waals surface area contributed by atoms with Crippen LogP contribution in [0, 0.1) is 0 Å². The normalized spacial score (nSPS) is 10.3. The number of ether oxygens (including phenoxy) is 1. The number of nitrogens with two attached hydrogens (primary N) is 1. The Morgan fingerprint density at radius 3 is 1.03 bits per heavy atom. The van der Waals surface area contributed by atoms with Gasteiger partial charge in [0.1, 0.15) is 5.75 Å². The predicted octanol–water partition coefficient (Wildman–Crippen LogP) is 6.51. The number of methoxy groups -OCH3 is 1. The lowest BCUT2D eigenvalue weighted by Gasteiger charge is -2.11. The molecule has 0 saturated carbocycles. The Bertz CT molecular complexity index is 1070. The molecule has 5 heteroatoms. The van der Waals surface area contributed by atoms with Crippen molar-refractivity contribution in [2.45, 2.75) is 0 Å². The highest BCUT2D eigenvalue weighted by molar-refractivity contribution is 5.69. The largest absolute Gasteiger partial charge is 0.497 e. The van der Waals surface area contributed by atoms with Gasteiger partial charge in [-0.3, -0.25) is 0 Å². The first-order valence-corrected chi connectivity index (χ1v) is 9.69. The van der Waals surface area contributed by atoms with Crippen molar-refractivity contribution in [1.82, 2.24) is 0 Å². The summed E-state index contributed by atoms with van der Waals surface area (Å²) in [6.07, 6.45) is 0. The summed E-state index contributed by atoms with van der Waals surface area (Å²) in [7, 11) is 1.66. The molecule has 0 spiro atoms. The molecule has 150 valence electrons. The molecule has 0 aliphatic carbocycles. The van der Waals surface area contributed by atoms with Gasteiger partial charge in [-0.1, -0.05) is 0 Å². The Kier molecular flexibility index (Phi) is 5.71. The highest BCUT2D eigenvalue weighted by Crippen LogP contribution is 2.25. The third-order valence-corrected chi connectivity index (χ3v) is 4.64. The third kappa shape index (κ3) is 5.02. The average Bonchev–Trinajstić information content (AvgIpc) is 2.78. The number of nitrogen functional groups attached to an aromatic ring is 1. The van der Waals surface area contributed by atoms with Gasteiger partial charge >= 0.3 is 0 Å². The van der Waals surface area contributed by atoms with Crippen molar-refractivity contribution < 1.29 is 4.74 Å². The van der Waals surface area contributed by atoms with Gasteiger partial charge in [0.15, 0.2) is 0 Å². The molecule has 5 N–H and O–H groups in total. The molecule has 0 atom stereocenters. The molecular weight excluding hydrogens is 372 g/mol. The number of anilines is 7. The highest BCUT2D eigenvalue weighted by Gasteiger charge is 2.00. The molecule has 0 bridgehead atoms. The zero-order valence-electron chi connectivity index (χ0n) is 16.7. The van der Waals surface area contributed by atoms with Crippen molar-refractivity contribution in [2.75, 3.05) is 28.8 Å². The summed E-state index contributed by atoms with van der Waals surface area (Å²) in [5.41, 5.74) is 12.6. The van der Waals surface area contributed by atoms with Gasteiger partial charge in [0.25, 0.3) is 0 Å². The van der Waals surface area contributed by atoms with Gasteiger partial charge in [0, 0.05) is 39.8 Å². The molecule has 4 rings (SSSR count). The van der Waals surface area contributed by atoms with Crippen molar-refractivity contribution in [2.24, 2.45) is 0 Å². The zero-order chi connectivity index (χ0) is 20.8. The van der Waals surface area contributed by atoms with E-state index in [1.165, 1.54) is 0 Å². The quantitative estimate of drug-likeness (QED) is 0.268. The lowest BCUT2D eigenvalue weighted by molar-refractivity contribution is 0.415. The molecule has 0 saturated heterocycles. The lowest BCUT2D eigenvalue weighted by Crippen LogP contribution is -1.94. The molecule has 0 radical (unpaired) electrons. The van der Waals surface area contributed by atoms with E-state index in [0.717, 1.165) is 45.6 Å². The SMILES string of the molecule is COc1ccc(Nc2ccc(Nc3ccc(Nc4ccc(N)cc4)cc3)cc2)cc1. The van der Waals surface area contributed by atoms with Crippen molar-refractivity contribution in [3.05, 3.63) is 97.1 Å². The summed E-state index contributed by atoms with van der Waals surface area (Å²) < 4.78 is 5.19. The average molecular weight is 396 g/mol. The topological polar surface area (TPSA) is 71.3 Å². The van der Waals surface area contributed by atoms with E-state index in [0.29, 0.717) is 0 Å². The molecule has 0 unspecified atom stereocenters. The maximum absolute atomic E-state index is 5.73. The Balaban J connectivity index is 1.35. The van der Waals surface area contributed by atoms with Crippen LogP contribution in [0.15, 0.2) is 97.1 Å². The Labute approximate surface area is 176 Å². The van der Waals surface area contributed by atoms with Crippen LogP contribution in [0.4, 0.5) is 39.8 Å². The molecule has 5 nitrogen and oxygen atoms in total. The molecule has 0 amide bonds. The summed E-state index contributed by atoms with van der Waals surface area (Å²) in [5.74, 6) is 0.842. The van der Waals surface area contributed by atoms with Gasteiger partial charge in [-0.15, -0.1) is 0 Å². The predicted molar refractivity (Wildman–Crippen MR) is 127 cm³/mol. The van der Waals surface area contributed by atoms with Crippen LogP contribution in [0.2, 0.25) is 0 Å². The van der Waals surface area contributed by atoms with Crippen molar-refractivity contribution in [1.29, 1.82) is 0 Å². The minimum Gasteiger partial charge on any atom is -0.497 e. The van der Waals surface area contributed by atoms with Crippen molar-refractivity contribution >= 4 is 39.8 Å². The molecule has 30 heavy (non-hydrogen) atoms. The lowest BCUT2D eigenvalue weighted by atomic mass is 10.2. The fourth-order valence-corrected chi connectivity index (χ4v) is 3.01. The van der Waals surface area contributed by atoms with Crippen LogP contribution in [-0.4, -0.2) is 7.11 Å². The van der Waals surface area contributed by atoms with Crippen LogP contribution in [0.5, 0.6) is 5.75 Å². The second kappa shape index (κ2) is 8.92. The van der Waals surface area contributed by atoms with Gasteiger partial charge in [-0.2, -0.15) is 0 Å². The van der Waals surface area contributed by atoms with E-state index in [1.807, 2.05) is 97.1 Å². The maximum Gasteiger partial charge on any atom is 0.119 e. The number of benzene rings is 4. The summed E-state index contributed by atoms with van der Waals surface area (Å²) >= 11 is 0. The zero-order valence-corrected chi connectivity index (χ0v) is 16.7. The number of hydrogen-bond donors (Lipinski definition) is 4. The minimum absolute atomic E-state index is 0.755. The Morgan fingerprint density at radius 1 is 0.467 bits per heavy atom. The van der Waals surface area contributed by atoms with E-state index in [-0.39, 0.29) is 0 Å². The Morgan fingerprint density at radius 2 is 0.733 bits per heavy atom. The minimum atomic E-state index is 0.755. The fourth-order valence-electron chi connectivity index (χ4n) is 3.01. The first-order chi connectivity index (χ1) is 14.7. The molecule has 0 heterocycles. The van der Waals surface area contributed by atoms with Gasteiger partial charge in [0.2, 0.25) is 0 Å². The highest BCUT2D eigenvalue weighted by atomic mass is 16.5. The van der Waals surface area contributed by atoms with E-state index in [2.05, 4.69) is 16.0 Å². The standard InChI is InChI=1S/C25H24N4O/c1-30-25-16-14-24(15-17-25)29-23-12-10-22(11-13-23)28-21-8-6-20(7-9-21)27-19-4-2-18(26)3-5-19/h2-17,27-29H,26H2,1H3. The summed E-state index contributed by atoms with van der Waals surface area (Å²) in [4.78, 5) is 0. The fraction of sp³-hybridized carbons (Fsp3) is 0.0400. The third-order valence-electron chi connectivity index (χ3n) is 4.64. The summed E-state index contributed by atoms with van der Waals surface area (Å²) in [6, 6.07) is 31.9. The van der Waals surface area contributed by atoms with Gasteiger partial charge < -0.3 is 26.4 Å². The number of rotatable bonds is 7. The molecule has 4 aromatic carbocycles. The number of nitrogens with one attached hydrogen (secondary N) is 3. The second-order valence-corrected chi connectivity index (χ2v) is 6.88. The number of hydrogen-bond acceptors (Lipinski definition) is 5. The molecule has 0 fully saturated rings. The molecule has 4 aromatic rings. The molecular formula is C25H24N4O. The second-order valence-electron chi connectivity index (χ2n) is 6.88. The van der Waals surface area contributed by atoms with Crippen LogP contribution in [-0.2, 0) is 0 Å². The summed E-state index contributed by atoms with van der Waals surface area (Å²) in [6.45, 7) is 0. The van der Waals surface area contributed by atoms with E-state index in [1.54, 1.807) is 7.11 Å². The van der Waals surface area contributed by atoms with E-state index in [9.17, 15) is 0 Å². The van der Waals surface area contributed by atoms with Crippen molar-refractivity contribution in [3.8, 4) is 5.75 Å². The first kappa shape index (κ1) is 19.2. The maximum atomic E-state index is 5.73. The van der Waals surface area contributed by atoms with Crippen LogP contribution in [0.1, 0.15) is 0 Å². The van der Waals surface area contributed by atoms with Crippen molar-refractivity contribution in [3.63, 3.8) is 0 Å².